The van der Waals surface area contributed by atoms with Crippen molar-refractivity contribution in [3.8, 4) is 0 Å². The number of rotatable bonds is 6. The summed E-state index contributed by atoms with van der Waals surface area (Å²) in [7, 11) is -4.15. The number of sulfonamides is 1. The molecule has 27 heavy (non-hydrogen) atoms. The van der Waals surface area contributed by atoms with Crippen molar-refractivity contribution in [2.24, 2.45) is 0 Å². The molecule has 0 aliphatic carbocycles. The lowest BCUT2D eigenvalue weighted by Gasteiger charge is -2.13. The van der Waals surface area contributed by atoms with Crippen LogP contribution in [0.3, 0.4) is 0 Å². The Balaban J connectivity index is 1.99. The molecular formula is C17H17N5O4S. The third kappa shape index (κ3) is 3.80. The van der Waals surface area contributed by atoms with Crippen molar-refractivity contribution in [2.45, 2.75) is 19.0 Å². The summed E-state index contributed by atoms with van der Waals surface area (Å²) in [6, 6.07) is 4.77. The molecule has 0 aliphatic rings. The molecule has 3 aromatic rings. The predicted molar refractivity (Wildman–Crippen MR) is 98.0 cm³/mol. The second kappa shape index (κ2) is 7.16. The number of anilines is 1. The van der Waals surface area contributed by atoms with Crippen LogP contribution in [0.25, 0.3) is 5.78 Å². The summed E-state index contributed by atoms with van der Waals surface area (Å²) < 4.78 is 34.2. The van der Waals surface area contributed by atoms with E-state index in [1.54, 1.807) is 38.4 Å². The molecule has 9 nitrogen and oxygen atoms in total. The molecule has 0 saturated carbocycles. The quantitative estimate of drug-likeness (QED) is 0.507. The van der Waals surface area contributed by atoms with E-state index < -0.39 is 21.1 Å². The zero-order valence-electron chi connectivity index (χ0n) is 14.7. The molecule has 0 spiro atoms. The standard InChI is InChI=1S/C17H17N5O4S/c1-4-8-26-15(23)13-7-5-6-12(3)14(13)21-27(24,25)17-19-16-18-9-11(2)10-22(16)20-17/h4-7,9-10,21H,1,8H2,2-3H3. The predicted octanol–water partition coefficient (Wildman–Crippen LogP) is 1.88. The van der Waals surface area contributed by atoms with E-state index in [1.807, 2.05) is 0 Å². The number of ether oxygens (including phenoxy) is 1. The van der Waals surface area contributed by atoms with Crippen LogP contribution in [0.15, 0.2) is 48.4 Å². The molecule has 2 heterocycles. The lowest BCUT2D eigenvalue weighted by molar-refractivity contribution is 0.0551. The minimum Gasteiger partial charge on any atom is -0.458 e. The van der Waals surface area contributed by atoms with Crippen molar-refractivity contribution in [3.63, 3.8) is 0 Å². The molecule has 0 unspecified atom stereocenters. The molecule has 10 heteroatoms. The van der Waals surface area contributed by atoms with Gasteiger partial charge in [0, 0.05) is 12.4 Å². The van der Waals surface area contributed by atoms with E-state index in [4.69, 9.17) is 4.74 Å². The number of carbonyl (C=O) groups is 1. The van der Waals surface area contributed by atoms with Crippen LogP contribution < -0.4 is 4.72 Å². The van der Waals surface area contributed by atoms with Crippen LogP contribution in [0, 0.1) is 13.8 Å². The van der Waals surface area contributed by atoms with Gasteiger partial charge >= 0.3 is 5.97 Å². The maximum Gasteiger partial charge on any atom is 0.340 e. The van der Waals surface area contributed by atoms with Gasteiger partial charge in [-0.25, -0.2) is 14.3 Å². The summed E-state index contributed by atoms with van der Waals surface area (Å²) in [5.41, 5.74) is 1.53. The number of fused-ring (bicyclic) bond motifs is 1. The first-order chi connectivity index (χ1) is 12.8. The zero-order valence-corrected chi connectivity index (χ0v) is 15.5. The average molecular weight is 387 g/mol. The van der Waals surface area contributed by atoms with Gasteiger partial charge in [0.25, 0.3) is 21.0 Å². The third-order valence-corrected chi connectivity index (χ3v) is 4.73. The van der Waals surface area contributed by atoms with Crippen molar-refractivity contribution < 1.29 is 17.9 Å². The highest BCUT2D eigenvalue weighted by atomic mass is 32.2. The van der Waals surface area contributed by atoms with Crippen LogP contribution in [0.4, 0.5) is 5.69 Å². The first-order valence-electron chi connectivity index (χ1n) is 7.91. The summed E-state index contributed by atoms with van der Waals surface area (Å²) in [6.07, 6.45) is 4.59. The Labute approximate surface area is 155 Å². The molecule has 1 aromatic carbocycles. The SMILES string of the molecule is C=CCOC(=O)c1cccc(C)c1NS(=O)(=O)c1nc2ncc(C)cn2n1. The molecule has 2 aromatic heterocycles. The second-order valence-electron chi connectivity index (χ2n) is 5.76. The molecule has 0 radical (unpaired) electrons. The van der Waals surface area contributed by atoms with Gasteiger partial charge in [0.2, 0.25) is 0 Å². The Bertz CT molecular complexity index is 1140. The lowest BCUT2D eigenvalue weighted by atomic mass is 10.1. The van der Waals surface area contributed by atoms with E-state index in [2.05, 4.69) is 26.4 Å². The lowest BCUT2D eigenvalue weighted by Crippen LogP contribution is -2.19. The van der Waals surface area contributed by atoms with Gasteiger partial charge in [0.15, 0.2) is 0 Å². The van der Waals surface area contributed by atoms with Crippen LogP contribution in [0.5, 0.6) is 0 Å². The molecular weight excluding hydrogens is 370 g/mol. The molecule has 0 amide bonds. The molecule has 1 N–H and O–H groups in total. The van der Waals surface area contributed by atoms with Gasteiger partial charge in [-0.15, -0.1) is 5.10 Å². The number of para-hydroxylation sites is 1. The summed E-state index contributed by atoms with van der Waals surface area (Å²) in [5.74, 6) is -0.520. The Morgan fingerprint density at radius 3 is 2.89 bits per heavy atom. The molecule has 3 rings (SSSR count). The number of carbonyl (C=O) groups excluding carboxylic acids is 1. The number of nitrogens with one attached hydrogen (secondary N) is 1. The number of benzene rings is 1. The van der Waals surface area contributed by atoms with Crippen LogP contribution in [0.1, 0.15) is 21.5 Å². The van der Waals surface area contributed by atoms with Gasteiger partial charge in [0.1, 0.15) is 6.61 Å². The monoisotopic (exact) mass is 387 g/mol. The van der Waals surface area contributed by atoms with Gasteiger partial charge in [-0.2, -0.15) is 13.4 Å². The maximum atomic E-state index is 12.8. The average Bonchev–Trinajstić information content (AvgIpc) is 3.05. The van der Waals surface area contributed by atoms with Crippen LogP contribution in [-0.2, 0) is 14.8 Å². The fourth-order valence-electron chi connectivity index (χ4n) is 2.34. The van der Waals surface area contributed by atoms with Gasteiger partial charge in [-0.05, 0) is 31.0 Å². The van der Waals surface area contributed by atoms with E-state index in [9.17, 15) is 13.2 Å². The normalized spacial score (nSPS) is 11.3. The van der Waals surface area contributed by atoms with Gasteiger partial charge in [-0.3, -0.25) is 4.72 Å². The number of aryl methyl sites for hydroxylation is 2. The van der Waals surface area contributed by atoms with E-state index >= 15 is 0 Å². The molecule has 0 bridgehead atoms. The highest BCUT2D eigenvalue weighted by Crippen LogP contribution is 2.24. The molecule has 0 saturated heterocycles. The highest BCUT2D eigenvalue weighted by molar-refractivity contribution is 7.92. The van der Waals surface area contributed by atoms with Crippen LogP contribution in [0.2, 0.25) is 0 Å². The Hall–Kier alpha value is -3.27. The summed E-state index contributed by atoms with van der Waals surface area (Å²) in [5, 5.41) is 3.51. The number of hydrogen-bond donors (Lipinski definition) is 1. The third-order valence-electron chi connectivity index (χ3n) is 3.61. The van der Waals surface area contributed by atoms with Crippen molar-refractivity contribution in [2.75, 3.05) is 11.3 Å². The fourth-order valence-corrected chi connectivity index (χ4v) is 3.36. The summed E-state index contributed by atoms with van der Waals surface area (Å²) in [4.78, 5) is 20.2. The first-order valence-corrected chi connectivity index (χ1v) is 9.39. The van der Waals surface area contributed by atoms with Crippen molar-refractivity contribution in [1.82, 2.24) is 19.6 Å². The first kappa shape index (κ1) is 18.5. The summed E-state index contributed by atoms with van der Waals surface area (Å²) >= 11 is 0. The molecule has 140 valence electrons. The Morgan fingerprint density at radius 2 is 2.15 bits per heavy atom. The summed E-state index contributed by atoms with van der Waals surface area (Å²) in [6.45, 7) is 6.96. The van der Waals surface area contributed by atoms with Crippen molar-refractivity contribution in [1.29, 1.82) is 0 Å². The second-order valence-corrected chi connectivity index (χ2v) is 7.34. The maximum absolute atomic E-state index is 12.8. The van der Waals surface area contributed by atoms with Crippen LogP contribution in [-0.4, -0.2) is 40.6 Å². The van der Waals surface area contributed by atoms with E-state index in [0.29, 0.717) is 5.56 Å². The van der Waals surface area contributed by atoms with Gasteiger partial charge < -0.3 is 4.74 Å². The molecule has 0 atom stereocenters. The number of nitrogens with zero attached hydrogens (tertiary/aromatic N) is 4. The topological polar surface area (TPSA) is 116 Å². The largest absolute Gasteiger partial charge is 0.458 e. The smallest absolute Gasteiger partial charge is 0.340 e. The minimum absolute atomic E-state index is 0.0119. The number of aromatic nitrogens is 4. The van der Waals surface area contributed by atoms with Crippen molar-refractivity contribution >= 4 is 27.5 Å². The number of hydrogen-bond acceptors (Lipinski definition) is 7. The Morgan fingerprint density at radius 1 is 1.37 bits per heavy atom. The zero-order chi connectivity index (χ0) is 19.6. The Kier molecular flexibility index (Phi) is 4.91. The van der Waals surface area contributed by atoms with Crippen LogP contribution >= 0.6 is 0 Å². The van der Waals surface area contributed by atoms with Crippen molar-refractivity contribution in [3.05, 3.63) is 59.9 Å². The van der Waals surface area contributed by atoms with Gasteiger partial charge in [-0.1, -0.05) is 24.8 Å². The highest BCUT2D eigenvalue weighted by Gasteiger charge is 2.25. The van der Waals surface area contributed by atoms with E-state index in [1.165, 1.54) is 16.7 Å². The van der Waals surface area contributed by atoms with E-state index in [0.717, 1.165) is 5.56 Å². The molecule has 0 fully saturated rings. The minimum atomic E-state index is -4.15. The van der Waals surface area contributed by atoms with Gasteiger partial charge in [0.05, 0.1) is 11.3 Å². The fraction of sp³-hybridized carbons (Fsp3) is 0.176. The molecule has 0 aliphatic heterocycles. The van der Waals surface area contributed by atoms with E-state index in [-0.39, 0.29) is 23.6 Å². The number of esters is 1.